The van der Waals surface area contributed by atoms with Crippen LogP contribution in [0.1, 0.15) is 25.3 Å². The summed E-state index contributed by atoms with van der Waals surface area (Å²) in [6, 6.07) is 5.40. The maximum atomic E-state index is 11.7. The van der Waals surface area contributed by atoms with Crippen LogP contribution in [0.25, 0.3) is 0 Å². The highest BCUT2D eigenvalue weighted by atomic mass is 16.4. The summed E-state index contributed by atoms with van der Waals surface area (Å²) in [6.45, 7) is 1.86. The molecule has 1 rings (SSSR count). The van der Waals surface area contributed by atoms with Gasteiger partial charge in [0.15, 0.2) is 0 Å². The van der Waals surface area contributed by atoms with Gasteiger partial charge in [0.2, 0.25) is 5.91 Å². The molecule has 0 aliphatic rings. The Morgan fingerprint density at radius 1 is 1.28 bits per heavy atom. The lowest BCUT2D eigenvalue weighted by atomic mass is 10.1. The molecule has 1 amide bonds. The van der Waals surface area contributed by atoms with E-state index in [1.54, 1.807) is 12.1 Å². The number of amides is 1. The minimum absolute atomic E-state index is 0.105. The van der Waals surface area contributed by atoms with E-state index in [0.717, 1.165) is 5.56 Å². The Morgan fingerprint density at radius 3 is 2.39 bits per heavy atom. The van der Waals surface area contributed by atoms with Crippen LogP contribution < -0.4 is 5.32 Å². The highest BCUT2D eigenvalue weighted by Gasteiger charge is 2.18. The van der Waals surface area contributed by atoms with Crippen LogP contribution in [0.4, 0.5) is 0 Å². The van der Waals surface area contributed by atoms with E-state index in [4.69, 9.17) is 10.2 Å². The van der Waals surface area contributed by atoms with Gasteiger partial charge in [-0.25, -0.2) is 4.79 Å². The van der Waals surface area contributed by atoms with E-state index in [2.05, 4.69) is 5.32 Å². The Labute approximate surface area is 105 Å². The SMILES string of the molecule is CCCC(NC(=O)Cc1ccc(O)cc1)C(=O)O. The Hall–Kier alpha value is -2.04. The minimum Gasteiger partial charge on any atom is -0.508 e. The Balaban J connectivity index is 2.54. The second kappa shape index (κ2) is 6.64. The number of carbonyl (C=O) groups is 2. The van der Waals surface area contributed by atoms with Crippen molar-refractivity contribution in [2.75, 3.05) is 0 Å². The fourth-order valence-electron chi connectivity index (χ4n) is 1.59. The molecule has 3 N–H and O–H groups in total. The third kappa shape index (κ3) is 4.45. The van der Waals surface area contributed by atoms with Crippen LogP contribution in [0.2, 0.25) is 0 Å². The second-order valence-corrected chi connectivity index (χ2v) is 4.09. The average Bonchev–Trinajstić information content (AvgIpc) is 2.31. The van der Waals surface area contributed by atoms with Crippen molar-refractivity contribution in [3.05, 3.63) is 29.8 Å². The maximum absolute atomic E-state index is 11.7. The fourth-order valence-corrected chi connectivity index (χ4v) is 1.59. The van der Waals surface area contributed by atoms with Gasteiger partial charge in [0.25, 0.3) is 0 Å². The molecule has 98 valence electrons. The third-order valence-electron chi connectivity index (χ3n) is 2.51. The highest BCUT2D eigenvalue weighted by molar-refractivity contribution is 5.84. The van der Waals surface area contributed by atoms with Gasteiger partial charge in [-0.2, -0.15) is 0 Å². The van der Waals surface area contributed by atoms with Crippen molar-refractivity contribution in [1.82, 2.24) is 5.32 Å². The van der Waals surface area contributed by atoms with Gasteiger partial charge in [-0.3, -0.25) is 4.79 Å². The van der Waals surface area contributed by atoms with Crippen molar-refractivity contribution in [3.63, 3.8) is 0 Å². The molecule has 1 aromatic carbocycles. The number of rotatable bonds is 6. The fraction of sp³-hybridized carbons (Fsp3) is 0.385. The zero-order valence-corrected chi connectivity index (χ0v) is 10.2. The van der Waals surface area contributed by atoms with Crippen molar-refractivity contribution in [1.29, 1.82) is 0 Å². The van der Waals surface area contributed by atoms with Gasteiger partial charge in [0, 0.05) is 0 Å². The Kier molecular flexibility index (Phi) is 5.17. The molecule has 0 spiro atoms. The lowest BCUT2D eigenvalue weighted by molar-refractivity contribution is -0.141. The molecule has 5 heteroatoms. The van der Waals surface area contributed by atoms with E-state index >= 15 is 0 Å². The Bertz CT molecular complexity index is 414. The van der Waals surface area contributed by atoms with E-state index < -0.39 is 12.0 Å². The molecule has 1 atom stereocenters. The van der Waals surface area contributed by atoms with Crippen LogP contribution in [0.5, 0.6) is 5.75 Å². The summed E-state index contributed by atoms with van der Waals surface area (Å²) in [6.07, 6.45) is 1.21. The number of carboxylic acids is 1. The molecular weight excluding hydrogens is 234 g/mol. The lowest BCUT2D eigenvalue weighted by Crippen LogP contribution is -2.41. The predicted molar refractivity (Wildman–Crippen MR) is 66.3 cm³/mol. The number of aromatic hydroxyl groups is 1. The molecule has 0 radical (unpaired) electrons. The van der Waals surface area contributed by atoms with Crippen LogP contribution in [-0.4, -0.2) is 28.1 Å². The molecule has 0 heterocycles. The van der Waals surface area contributed by atoms with Gasteiger partial charge < -0.3 is 15.5 Å². The van der Waals surface area contributed by atoms with Gasteiger partial charge in [-0.15, -0.1) is 0 Å². The third-order valence-corrected chi connectivity index (χ3v) is 2.51. The van der Waals surface area contributed by atoms with Crippen LogP contribution in [0.15, 0.2) is 24.3 Å². The summed E-state index contributed by atoms with van der Waals surface area (Å²) in [5, 5.41) is 20.5. The van der Waals surface area contributed by atoms with Gasteiger partial charge in [0.05, 0.1) is 6.42 Å². The number of hydrogen-bond acceptors (Lipinski definition) is 3. The topological polar surface area (TPSA) is 86.6 Å². The van der Waals surface area contributed by atoms with Crippen LogP contribution in [0, 0.1) is 0 Å². The normalized spacial score (nSPS) is 11.8. The first kappa shape index (κ1) is 14.0. The molecule has 0 saturated carbocycles. The molecular formula is C13H17NO4. The maximum Gasteiger partial charge on any atom is 0.326 e. The zero-order valence-electron chi connectivity index (χ0n) is 10.2. The number of benzene rings is 1. The zero-order chi connectivity index (χ0) is 13.5. The summed E-state index contributed by atoms with van der Waals surface area (Å²) >= 11 is 0. The standard InChI is InChI=1S/C13H17NO4/c1-2-3-11(13(17)18)14-12(16)8-9-4-6-10(15)7-5-9/h4-7,11,15H,2-3,8H2,1H3,(H,14,16)(H,17,18). The lowest BCUT2D eigenvalue weighted by Gasteiger charge is -2.13. The number of nitrogens with one attached hydrogen (secondary N) is 1. The van der Waals surface area contributed by atoms with Crippen molar-refractivity contribution in [2.24, 2.45) is 0 Å². The van der Waals surface area contributed by atoms with Gasteiger partial charge in [0.1, 0.15) is 11.8 Å². The van der Waals surface area contributed by atoms with E-state index in [0.29, 0.717) is 12.8 Å². The Morgan fingerprint density at radius 2 is 1.89 bits per heavy atom. The second-order valence-electron chi connectivity index (χ2n) is 4.09. The van der Waals surface area contributed by atoms with Gasteiger partial charge >= 0.3 is 5.97 Å². The van der Waals surface area contributed by atoms with E-state index in [9.17, 15) is 9.59 Å². The molecule has 18 heavy (non-hydrogen) atoms. The number of hydrogen-bond donors (Lipinski definition) is 3. The summed E-state index contributed by atoms with van der Waals surface area (Å²) in [5.74, 6) is -1.22. The van der Waals surface area contributed by atoms with Crippen LogP contribution in [-0.2, 0) is 16.0 Å². The first-order chi connectivity index (χ1) is 8.52. The quantitative estimate of drug-likeness (QED) is 0.711. The summed E-state index contributed by atoms with van der Waals surface area (Å²) in [4.78, 5) is 22.5. The molecule has 1 aromatic rings. The number of phenolic OH excluding ortho intramolecular Hbond substituents is 1. The number of carboxylic acid groups (broad SMARTS) is 1. The van der Waals surface area contributed by atoms with E-state index in [1.807, 2.05) is 6.92 Å². The number of phenols is 1. The average molecular weight is 251 g/mol. The van der Waals surface area contributed by atoms with E-state index in [1.165, 1.54) is 12.1 Å². The van der Waals surface area contributed by atoms with Gasteiger partial charge in [-0.05, 0) is 24.1 Å². The molecule has 0 saturated heterocycles. The van der Waals surface area contributed by atoms with Crippen molar-refractivity contribution in [2.45, 2.75) is 32.2 Å². The molecule has 0 aliphatic heterocycles. The van der Waals surface area contributed by atoms with Crippen LogP contribution >= 0.6 is 0 Å². The smallest absolute Gasteiger partial charge is 0.326 e. The van der Waals surface area contributed by atoms with E-state index in [-0.39, 0.29) is 18.1 Å². The molecule has 0 aromatic heterocycles. The first-order valence-electron chi connectivity index (χ1n) is 5.83. The van der Waals surface area contributed by atoms with Crippen molar-refractivity contribution in [3.8, 4) is 5.75 Å². The largest absolute Gasteiger partial charge is 0.508 e. The summed E-state index contributed by atoms with van der Waals surface area (Å²) < 4.78 is 0. The highest BCUT2D eigenvalue weighted by Crippen LogP contribution is 2.10. The van der Waals surface area contributed by atoms with Gasteiger partial charge in [-0.1, -0.05) is 25.5 Å². The minimum atomic E-state index is -1.02. The summed E-state index contributed by atoms with van der Waals surface area (Å²) in [5.41, 5.74) is 0.728. The number of carbonyl (C=O) groups excluding carboxylic acids is 1. The summed E-state index contributed by atoms with van der Waals surface area (Å²) in [7, 11) is 0. The monoisotopic (exact) mass is 251 g/mol. The van der Waals surface area contributed by atoms with Crippen molar-refractivity contribution < 1.29 is 19.8 Å². The molecule has 0 aliphatic carbocycles. The number of aliphatic carboxylic acids is 1. The molecule has 1 unspecified atom stereocenters. The molecule has 0 bridgehead atoms. The molecule has 0 fully saturated rings. The first-order valence-corrected chi connectivity index (χ1v) is 5.83. The molecule has 5 nitrogen and oxygen atoms in total. The van der Waals surface area contributed by atoms with Crippen LogP contribution in [0.3, 0.4) is 0 Å². The predicted octanol–water partition coefficient (Wildman–Crippen LogP) is 1.30. The van der Waals surface area contributed by atoms with Crippen molar-refractivity contribution >= 4 is 11.9 Å².